The number of unbranched alkanes of at least 4 members (excludes halogenated alkanes) is 2. The summed E-state index contributed by atoms with van der Waals surface area (Å²) in [7, 11) is 0. The van der Waals surface area contributed by atoms with Gasteiger partial charge in [0.15, 0.2) is 0 Å². The summed E-state index contributed by atoms with van der Waals surface area (Å²) in [5.74, 6) is 0.604. The monoisotopic (exact) mass is 644 g/mol. The summed E-state index contributed by atoms with van der Waals surface area (Å²) in [6.07, 6.45) is 8.32. The summed E-state index contributed by atoms with van der Waals surface area (Å²) < 4.78 is 5.63. The molecule has 0 aliphatic heterocycles. The van der Waals surface area contributed by atoms with Gasteiger partial charge < -0.3 is 15.0 Å². The van der Waals surface area contributed by atoms with Gasteiger partial charge in [-0.15, -0.1) is 21.6 Å². The van der Waals surface area contributed by atoms with Crippen molar-refractivity contribution < 1.29 is 9.53 Å². The largest absolute Gasteiger partial charge is 0.486 e. The third-order valence-electron chi connectivity index (χ3n) is 8.52. The van der Waals surface area contributed by atoms with Gasteiger partial charge in [0.1, 0.15) is 0 Å². The van der Waals surface area contributed by atoms with E-state index >= 15 is 0 Å². The van der Waals surface area contributed by atoms with Crippen LogP contribution in [0, 0.1) is 12.5 Å². The van der Waals surface area contributed by atoms with Crippen LogP contribution in [0.15, 0.2) is 52.7 Å². The van der Waals surface area contributed by atoms with Gasteiger partial charge in [0, 0.05) is 24.5 Å². The van der Waals surface area contributed by atoms with Crippen LogP contribution in [0.5, 0.6) is 5.88 Å². The predicted octanol–water partition coefficient (Wildman–Crippen LogP) is 11.5. The number of carbonyl (C=O) groups excluding carboxylic acids is 1. The van der Waals surface area contributed by atoms with Crippen LogP contribution < -0.4 is 15.0 Å². The number of hydrogen-bond donors (Lipinski definition) is 1. The van der Waals surface area contributed by atoms with Gasteiger partial charge in [0.2, 0.25) is 11.0 Å². The lowest BCUT2D eigenvalue weighted by Gasteiger charge is -2.32. The zero-order valence-electron chi connectivity index (χ0n) is 28.9. The Morgan fingerprint density at radius 1 is 1.04 bits per heavy atom. The maximum atomic E-state index is 13.6. The molecule has 0 fully saturated rings. The first-order valence-electron chi connectivity index (χ1n) is 16.9. The molecule has 1 unspecified atom stereocenters. The molecule has 0 aliphatic rings. The van der Waals surface area contributed by atoms with E-state index in [1.165, 1.54) is 18.4 Å². The summed E-state index contributed by atoms with van der Waals surface area (Å²) >= 11 is 1.13. The second kappa shape index (κ2) is 18.4. The lowest BCUT2D eigenvalue weighted by molar-refractivity contribution is 0.0954. The molecule has 0 aliphatic carbocycles. The van der Waals surface area contributed by atoms with E-state index in [1.807, 2.05) is 25.1 Å². The summed E-state index contributed by atoms with van der Waals surface area (Å²) in [6.45, 7) is 24.8. The molecule has 0 radical (unpaired) electrons. The summed E-state index contributed by atoms with van der Waals surface area (Å²) in [4.78, 5) is 23.9. The van der Waals surface area contributed by atoms with Crippen LogP contribution in [0.25, 0.3) is 4.85 Å². The molecule has 3 aromatic rings. The van der Waals surface area contributed by atoms with Crippen molar-refractivity contribution in [2.45, 2.75) is 105 Å². The molecular weight excluding hydrogens is 593 g/mol. The molecule has 2 aromatic carbocycles. The minimum absolute atomic E-state index is 0.0486. The van der Waals surface area contributed by atoms with E-state index in [2.05, 4.69) is 96.1 Å². The van der Waals surface area contributed by atoms with Gasteiger partial charge in [-0.2, -0.15) is 4.98 Å². The number of thiazole rings is 1. The second-order valence-corrected chi connectivity index (χ2v) is 13.3. The lowest BCUT2D eigenvalue weighted by atomic mass is 9.82. The van der Waals surface area contributed by atoms with Crippen LogP contribution in [0.1, 0.15) is 116 Å². The minimum atomic E-state index is -0.184. The number of nitrogens with one attached hydrogen (secondary N) is 1. The lowest BCUT2D eigenvalue weighted by Crippen LogP contribution is -2.27. The van der Waals surface area contributed by atoms with Crippen LogP contribution in [0.3, 0.4) is 0 Å². The quantitative estimate of drug-likeness (QED) is 0.0799. The van der Waals surface area contributed by atoms with Crippen LogP contribution in [-0.4, -0.2) is 30.6 Å². The van der Waals surface area contributed by atoms with Crippen molar-refractivity contribution in [3.05, 3.63) is 65.0 Å². The second-order valence-electron chi connectivity index (χ2n) is 12.4. The average Bonchev–Trinajstić information content (AvgIpc) is 3.48. The van der Waals surface area contributed by atoms with E-state index in [0.29, 0.717) is 40.5 Å². The number of amides is 1. The fourth-order valence-electron chi connectivity index (χ4n) is 5.06. The highest BCUT2D eigenvalue weighted by atomic mass is 32.1. The van der Waals surface area contributed by atoms with Crippen molar-refractivity contribution in [3.8, 4) is 5.88 Å². The summed E-state index contributed by atoms with van der Waals surface area (Å²) in [5, 5.41) is 12.6. The Morgan fingerprint density at radius 3 is 2.48 bits per heavy atom. The van der Waals surface area contributed by atoms with E-state index < -0.39 is 0 Å². The Kier molecular flexibility index (Phi) is 14.7. The van der Waals surface area contributed by atoms with Crippen molar-refractivity contribution in [3.63, 3.8) is 0 Å². The normalized spacial score (nSPS) is 12.2. The van der Waals surface area contributed by atoms with E-state index in [-0.39, 0.29) is 17.2 Å². The number of anilines is 2. The molecule has 0 saturated heterocycles. The summed E-state index contributed by atoms with van der Waals surface area (Å²) in [5.41, 5.74) is 4.32. The molecule has 1 N–H and O–H groups in total. The van der Waals surface area contributed by atoms with E-state index in [4.69, 9.17) is 11.3 Å². The maximum absolute atomic E-state index is 13.6. The smallest absolute Gasteiger partial charge is 0.304 e. The van der Waals surface area contributed by atoms with Gasteiger partial charge >= 0.3 is 5.00 Å². The number of carbonyl (C=O) groups is 1. The molecule has 0 spiro atoms. The third kappa shape index (κ3) is 10.1. The van der Waals surface area contributed by atoms with Crippen LogP contribution in [-0.2, 0) is 5.41 Å². The SMILES string of the molecule is [C-]#[N+]c1sc(N=Nc2ccc(N(CC(CC)CCCC)c3cccc(C(C)(C)CC)c3)cc2C(=O)NCCCC)nc1OCCC. The number of azo groups is 1. The Balaban J connectivity index is 2.10. The van der Waals surface area contributed by atoms with Crippen LogP contribution in [0.2, 0.25) is 0 Å². The van der Waals surface area contributed by atoms with Crippen molar-refractivity contribution in [1.82, 2.24) is 10.3 Å². The van der Waals surface area contributed by atoms with Gasteiger partial charge in [0.05, 0.1) is 24.4 Å². The highest BCUT2D eigenvalue weighted by molar-refractivity contribution is 7.19. The van der Waals surface area contributed by atoms with Gasteiger partial charge in [0.25, 0.3) is 5.91 Å². The van der Waals surface area contributed by atoms with E-state index in [9.17, 15) is 4.79 Å². The molecule has 1 aromatic heterocycles. The molecule has 1 amide bonds. The predicted molar refractivity (Wildman–Crippen MR) is 192 cm³/mol. The Labute approximate surface area is 280 Å². The van der Waals surface area contributed by atoms with E-state index in [1.54, 1.807) is 0 Å². The topological polar surface area (TPSA) is 83.5 Å². The van der Waals surface area contributed by atoms with Crippen molar-refractivity contribution in [2.75, 3.05) is 24.6 Å². The molecule has 248 valence electrons. The third-order valence-corrected chi connectivity index (χ3v) is 9.33. The Hall–Kier alpha value is -3.77. The molecule has 0 bridgehead atoms. The molecule has 9 heteroatoms. The fourth-order valence-corrected chi connectivity index (χ4v) is 5.68. The standard InChI is InChI=1S/C37H52N6O2S/c1-9-14-17-27(12-4)26-43(29-19-16-18-28(24-29)37(6,7)13-5)30-20-21-32(31(25-30)33(44)39-22-15-10-2)41-42-36-40-34(45-23-11-3)35(38-8)46-36/h16,18-21,24-25,27H,9-15,17,22-23,26H2,1-7H3,(H,39,44). The molecule has 1 atom stereocenters. The van der Waals surface area contributed by atoms with E-state index in [0.717, 1.165) is 67.8 Å². The first-order chi connectivity index (χ1) is 22.2. The van der Waals surface area contributed by atoms with Crippen molar-refractivity contribution >= 4 is 44.4 Å². The number of ether oxygens (including phenoxy) is 1. The highest BCUT2D eigenvalue weighted by Gasteiger charge is 2.23. The zero-order valence-corrected chi connectivity index (χ0v) is 29.7. The number of hydrogen-bond acceptors (Lipinski definition) is 7. The van der Waals surface area contributed by atoms with Gasteiger partial charge in [-0.3, -0.25) is 4.79 Å². The number of aromatic nitrogens is 1. The van der Waals surface area contributed by atoms with Crippen molar-refractivity contribution in [1.29, 1.82) is 0 Å². The molecule has 3 rings (SSSR count). The Bertz CT molecular complexity index is 1470. The molecule has 1 heterocycles. The number of rotatable bonds is 19. The van der Waals surface area contributed by atoms with Crippen LogP contribution in [0.4, 0.5) is 27.2 Å². The zero-order chi connectivity index (χ0) is 33.5. The summed E-state index contributed by atoms with van der Waals surface area (Å²) in [6, 6.07) is 14.7. The number of benzene rings is 2. The molecule has 0 saturated carbocycles. The first-order valence-corrected chi connectivity index (χ1v) is 17.8. The molecule has 46 heavy (non-hydrogen) atoms. The number of nitrogens with zero attached hydrogens (tertiary/aromatic N) is 5. The average molecular weight is 645 g/mol. The van der Waals surface area contributed by atoms with Gasteiger partial charge in [-0.25, -0.2) is 4.85 Å². The highest BCUT2D eigenvalue weighted by Crippen LogP contribution is 2.40. The Morgan fingerprint density at radius 2 is 1.80 bits per heavy atom. The fraction of sp³-hybridized carbons (Fsp3) is 0.541. The molecule has 8 nitrogen and oxygen atoms in total. The first kappa shape index (κ1) is 36.7. The van der Waals surface area contributed by atoms with Crippen molar-refractivity contribution in [2.24, 2.45) is 16.1 Å². The minimum Gasteiger partial charge on any atom is -0.486 e. The molecular formula is C37H52N6O2S. The van der Waals surface area contributed by atoms with Gasteiger partial charge in [-0.05, 0) is 72.9 Å². The maximum Gasteiger partial charge on any atom is 0.304 e. The van der Waals surface area contributed by atoms with Gasteiger partial charge in [-0.1, -0.05) is 86.3 Å². The van der Waals surface area contributed by atoms with Crippen LogP contribution >= 0.6 is 11.3 Å².